The van der Waals surface area contributed by atoms with Crippen molar-refractivity contribution < 1.29 is 9.53 Å². The minimum absolute atomic E-state index is 0.0206. The maximum Gasteiger partial charge on any atom is 0.307 e. The summed E-state index contributed by atoms with van der Waals surface area (Å²) in [5.41, 5.74) is 2.51. The molecule has 3 rings (SSSR count). The predicted molar refractivity (Wildman–Crippen MR) is 102 cm³/mol. The summed E-state index contributed by atoms with van der Waals surface area (Å²) in [4.78, 5) is 24.3. The Balaban J connectivity index is 1.78. The van der Waals surface area contributed by atoms with Crippen LogP contribution in [0.25, 0.3) is 10.2 Å². The molecule has 0 unspecified atom stereocenters. The molecule has 2 aromatic carbocycles. The van der Waals surface area contributed by atoms with Gasteiger partial charge in [-0.15, -0.1) is 0 Å². The van der Waals surface area contributed by atoms with Crippen molar-refractivity contribution in [2.75, 3.05) is 5.32 Å². The molecule has 1 aromatic heterocycles. The zero-order valence-corrected chi connectivity index (χ0v) is 15.2. The third-order valence-electron chi connectivity index (χ3n) is 4.09. The largest absolute Gasteiger partial charge is 0.480 e. The maximum absolute atomic E-state index is 12.6. The van der Waals surface area contributed by atoms with Crippen LogP contribution in [0.1, 0.15) is 18.9 Å². The molecule has 0 saturated carbocycles. The van der Waals surface area contributed by atoms with E-state index >= 15 is 0 Å². The van der Waals surface area contributed by atoms with Crippen molar-refractivity contribution in [3.8, 4) is 5.75 Å². The molecule has 1 N–H and O–H groups in total. The van der Waals surface area contributed by atoms with Gasteiger partial charge in [0.25, 0.3) is 5.91 Å². The van der Waals surface area contributed by atoms with Gasteiger partial charge in [-0.25, -0.2) is 0 Å². The number of aromatic nitrogens is 1. The number of rotatable bonds is 5. The van der Waals surface area contributed by atoms with Crippen LogP contribution in [0, 0.1) is 6.92 Å². The Morgan fingerprint density at radius 1 is 1.28 bits per heavy atom. The van der Waals surface area contributed by atoms with E-state index in [2.05, 4.69) is 5.32 Å². The molecular weight excluding hydrogens is 336 g/mol. The van der Waals surface area contributed by atoms with Crippen molar-refractivity contribution in [2.24, 2.45) is 7.05 Å². The zero-order valence-electron chi connectivity index (χ0n) is 14.4. The molecule has 0 saturated heterocycles. The van der Waals surface area contributed by atoms with Gasteiger partial charge in [-0.2, -0.15) is 0 Å². The predicted octanol–water partition coefficient (Wildman–Crippen LogP) is 3.70. The summed E-state index contributed by atoms with van der Waals surface area (Å²) in [6.45, 7) is 3.86. The molecule has 0 aliphatic rings. The first-order valence-corrected chi connectivity index (χ1v) is 8.94. The van der Waals surface area contributed by atoms with E-state index in [0.29, 0.717) is 17.9 Å². The van der Waals surface area contributed by atoms with Crippen LogP contribution in [0.15, 0.2) is 47.3 Å². The van der Waals surface area contributed by atoms with Crippen molar-refractivity contribution in [1.29, 1.82) is 0 Å². The molecule has 5 nitrogen and oxygen atoms in total. The van der Waals surface area contributed by atoms with Gasteiger partial charge in [-0.1, -0.05) is 36.5 Å². The van der Waals surface area contributed by atoms with Crippen LogP contribution in [0.3, 0.4) is 0 Å². The summed E-state index contributed by atoms with van der Waals surface area (Å²) in [5, 5.41) is 2.88. The number of thiazole rings is 1. The third kappa shape index (κ3) is 3.58. The normalized spacial score (nSPS) is 12.1. The van der Waals surface area contributed by atoms with Crippen LogP contribution in [0.4, 0.5) is 5.69 Å². The minimum atomic E-state index is -0.577. The Labute approximate surface area is 149 Å². The van der Waals surface area contributed by atoms with Crippen molar-refractivity contribution in [3.05, 3.63) is 57.7 Å². The molecule has 1 heterocycles. The summed E-state index contributed by atoms with van der Waals surface area (Å²) in [5.74, 6) is 0.509. The molecule has 1 amide bonds. The van der Waals surface area contributed by atoms with Gasteiger partial charge < -0.3 is 14.6 Å². The highest BCUT2D eigenvalue weighted by Crippen LogP contribution is 2.23. The van der Waals surface area contributed by atoms with E-state index in [-0.39, 0.29) is 10.8 Å². The molecule has 0 bridgehead atoms. The van der Waals surface area contributed by atoms with Gasteiger partial charge in [0, 0.05) is 12.7 Å². The van der Waals surface area contributed by atoms with Gasteiger partial charge in [0.15, 0.2) is 6.10 Å². The lowest BCUT2D eigenvalue weighted by atomic mass is 10.2. The van der Waals surface area contributed by atoms with Crippen LogP contribution in [-0.4, -0.2) is 16.6 Å². The second-order valence-corrected chi connectivity index (χ2v) is 6.87. The summed E-state index contributed by atoms with van der Waals surface area (Å²) in [7, 11) is 1.74. The first-order chi connectivity index (χ1) is 12.0. The van der Waals surface area contributed by atoms with E-state index in [1.807, 2.05) is 50.2 Å². The van der Waals surface area contributed by atoms with Crippen molar-refractivity contribution in [2.45, 2.75) is 26.4 Å². The number of carbonyl (C=O) groups excluding carboxylic acids is 1. The average Bonchev–Trinajstić information content (AvgIpc) is 2.88. The Hall–Kier alpha value is -2.60. The number of para-hydroxylation sites is 1. The fourth-order valence-electron chi connectivity index (χ4n) is 2.60. The lowest BCUT2D eigenvalue weighted by Gasteiger charge is -2.18. The van der Waals surface area contributed by atoms with Gasteiger partial charge in [0.05, 0.1) is 10.2 Å². The average molecular weight is 356 g/mol. The molecule has 130 valence electrons. The number of nitrogens with one attached hydrogen (secondary N) is 1. The number of hydrogen-bond donors (Lipinski definition) is 1. The monoisotopic (exact) mass is 356 g/mol. The van der Waals surface area contributed by atoms with Gasteiger partial charge in [0.1, 0.15) is 5.75 Å². The number of benzene rings is 2. The highest BCUT2D eigenvalue weighted by molar-refractivity contribution is 7.16. The highest BCUT2D eigenvalue weighted by Gasteiger charge is 2.19. The molecular formula is C19H20N2O3S. The Morgan fingerprint density at radius 2 is 2.04 bits per heavy atom. The smallest absolute Gasteiger partial charge is 0.307 e. The topological polar surface area (TPSA) is 60.3 Å². The molecule has 25 heavy (non-hydrogen) atoms. The first-order valence-electron chi connectivity index (χ1n) is 8.12. The molecule has 3 aromatic rings. The number of hydrogen-bond acceptors (Lipinski definition) is 4. The van der Waals surface area contributed by atoms with Crippen molar-refractivity contribution in [3.63, 3.8) is 0 Å². The fourth-order valence-corrected chi connectivity index (χ4v) is 3.52. The number of amides is 1. The van der Waals surface area contributed by atoms with E-state index in [9.17, 15) is 9.59 Å². The first kappa shape index (κ1) is 17.2. The number of carbonyl (C=O) groups is 1. The second kappa shape index (κ2) is 7.11. The number of anilines is 1. The lowest BCUT2D eigenvalue weighted by molar-refractivity contribution is -0.122. The van der Waals surface area contributed by atoms with Gasteiger partial charge in [-0.05, 0) is 43.2 Å². The standard InChI is InChI=1S/C19H20N2O3S/c1-4-15(24-16-8-6-5-7-12(16)2)18(22)20-13-9-10-14-17(11-13)25-19(23)21(14)3/h5-11,15H,4H2,1-3H3,(H,20,22)/t15-/m0/s1. The zero-order chi connectivity index (χ0) is 18.0. The van der Waals surface area contributed by atoms with E-state index < -0.39 is 6.10 Å². The number of nitrogens with zero attached hydrogens (tertiary/aromatic N) is 1. The minimum Gasteiger partial charge on any atom is -0.480 e. The quantitative estimate of drug-likeness (QED) is 0.758. The summed E-state index contributed by atoms with van der Waals surface area (Å²) in [6, 6.07) is 13.1. The Morgan fingerprint density at radius 3 is 2.76 bits per heavy atom. The van der Waals surface area contributed by atoms with Crippen molar-refractivity contribution in [1.82, 2.24) is 4.57 Å². The number of fused-ring (bicyclic) bond motifs is 1. The Kier molecular flexibility index (Phi) is 4.90. The van der Waals surface area contributed by atoms with E-state index in [4.69, 9.17) is 4.74 Å². The van der Waals surface area contributed by atoms with Gasteiger partial charge in [0.2, 0.25) is 0 Å². The molecule has 6 heteroatoms. The second-order valence-electron chi connectivity index (χ2n) is 5.88. The van der Waals surface area contributed by atoms with Crippen LogP contribution in [0.2, 0.25) is 0 Å². The molecule has 1 atom stereocenters. The fraction of sp³-hybridized carbons (Fsp3) is 0.263. The Bertz CT molecular complexity index is 974. The summed E-state index contributed by atoms with van der Waals surface area (Å²) < 4.78 is 8.32. The number of ether oxygens (including phenoxy) is 1. The molecule has 0 fully saturated rings. The summed E-state index contributed by atoms with van der Waals surface area (Å²) in [6.07, 6.45) is -0.0209. The van der Waals surface area contributed by atoms with Gasteiger partial charge >= 0.3 is 4.87 Å². The van der Waals surface area contributed by atoms with E-state index in [1.165, 1.54) is 0 Å². The number of aryl methyl sites for hydroxylation is 2. The van der Waals surface area contributed by atoms with Crippen LogP contribution in [0.5, 0.6) is 5.75 Å². The molecule has 0 aliphatic heterocycles. The van der Waals surface area contributed by atoms with E-state index in [1.54, 1.807) is 17.7 Å². The molecule has 0 radical (unpaired) electrons. The van der Waals surface area contributed by atoms with Crippen LogP contribution >= 0.6 is 11.3 Å². The van der Waals surface area contributed by atoms with Crippen LogP contribution < -0.4 is 14.9 Å². The van der Waals surface area contributed by atoms with E-state index in [0.717, 1.165) is 27.1 Å². The SMILES string of the molecule is CC[C@H](Oc1ccccc1C)C(=O)Nc1ccc2c(c1)sc(=O)n2C. The third-order valence-corrected chi connectivity index (χ3v) is 5.08. The van der Waals surface area contributed by atoms with Crippen molar-refractivity contribution >= 4 is 33.1 Å². The van der Waals surface area contributed by atoms with Crippen LogP contribution in [-0.2, 0) is 11.8 Å². The summed E-state index contributed by atoms with van der Waals surface area (Å²) >= 11 is 1.16. The maximum atomic E-state index is 12.6. The van der Waals surface area contributed by atoms with Gasteiger partial charge in [-0.3, -0.25) is 9.59 Å². The lowest BCUT2D eigenvalue weighted by Crippen LogP contribution is -2.32. The molecule has 0 spiro atoms. The molecule has 0 aliphatic carbocycles. The highest BCUT2D eigenvalue weighted by atomic mass is 32.1.